The summed E-state index contributed by atoms with van der Waals surface area (Å²) in [7, 11) is 0. The maximum absolute atomic E-state index is 11.1. The molecule has 136 valence electrons. The number of carboxylic acid groups (broad SMARTS) is 1. The van der Waals surface area contributed by atoms with Crippen LogP contribution in [0.5, 0.6) is 5.75 Å². The second kappa shape index (κ2) is 7.15. The van der Waals surface area contributed by atoms with Gasteiger partial charge in [0.1, 0.15) is 11.3 Å². The van der Waals surface area contributed by atoms with Crippen molar-refractivity contribution in [3.8, 4) is 11.4 Å². The zero-order valence-corrected chi connectivity index (χ0v) is 15.4. The van der Waals surface area contributed by atoms with Gasteiger partial charge in [0, 0.05) is 0 Å². The molecule has 0 atom stereocenters. The highest BCUT2D eigenvalue weighted by Crippen LogP contribution is 2.30. The molecular formula is C20H23N3O3. The van der Waals surface area contributed by atoms with E-state index in [9.17, 15) is 4.79 Å². The first-order valence-corrected chi connectivity index (χ1v) is 8.72. The molecule has 2 aromatic carbocycles. The van der Waals surface area contributed by atoms with Gasteiger partial charge in [-0.1, -0.05) is 32.9 Å². The van der Waals surface area contributed by atoms with E-state index in [1.54, 1.807) is 16.8 Å². The smallest absolute Gasteiger partial charge is 0.335 e. The van der Waals surface area contributed by atoms with E-state index in [1.807, 2.05) is 12.1 Å². The molecule has 3 rings (SSSR count). The Morgan fingerprint density at radius 3 is 2.58 bits per heavy atom. The predicted octanol–water partition coefficient (Wildman–Crippen LogP) is 4.28. The Morgan fingerprint density at radius 1 is 1.15 bits per heavy atom. The van der Waals surface area contributed by atoms with Gasteiger partial charge in [-0.15, -0.1) is 5.10 Å². The first-order chi connectivity index (χ1) is 12.4. The summed E-state index contributed by atoms with van der Waals surface area (Å²) >= 11 is 0. The molecule has 6 heteroatoms. The average molecular weight is 353 g/mol. The standard InChI is InChI=1S/C20H23N3O3/c1-12(2)11-26-19-8-6-15(10-16(19)13(3)4)23-18-7-5-14(20(24)25)9-17(18)21-22-23/h5-10,12-13H,11H2,1-4H3,(H,24,25). The fraction of sp³-hybridized carbons (Fsp3) is 0.350. The van der Waals surface area contributed by atoms with Crippen molar-refractivity contribution in [1.29, 1.82) is 0 Å². The first kappa shape index (κ1) is 17.9. The number of benzene rings is 2. The first-order valence-electron chi connectivity index (χ1n) is 8.72. The highest BCUT2D eigenvalue weighted by atomic mass is 16.5. The number of carboxylic acids is 1. The lowest BCUT2D eigenvalue weighted by Gasteiger charge is -2.17. The third kappa shape index (κ3) is 3.54. The largest absolute Gasteiger partial charge is 0.493 e. The van der Waals surface area contributed by atoms with Gasteiger partial charge < -0.3 is 9.84 Å². The summed E-state index contributed by atoms with van der Waals surface area (Å²) in [5.74, 6) is 0.660. The van der Waals surface area contributed by atoms with Gasteiger partial charge in [-0.25, -0.2) is 9.48 Å². The van der Waals surface area contributed by atoms with Crippen molar-refractivity contribution in [3.05, 3.63) is 47.5 Å². The fourth-order valence-electron chi connectivity index (χ4n) is 2.75. The molecule has 0 fully saturated rings. The predicted molar refractivity (Wildman–Crippen MR) is 100 cm³/mol. The third-order valence-corrected chi connectivity index (χ3v) is 4.12. The normalized spacial score (nSPS) is 11.5. The maximum Gasteiger partial charge on any atom is 0.335 e. The van der Waals surface area contributed by atoms with Gasteiger partial charge >= 0.3 is 5.97 Å². The Morgan fingerprint density at radius 2 is 1.92 bits per heavy atom. The van der Waals surface area contributed by atoms with Gasteiger partial charge in [0.15, 0.2) is 0 Å². The molecule has 1 heterocycles. The third-order valence-electron chi connectivity index (χ3n) is 4.12. The zero-order chi connectivity index (χ0) is 18.8. The van der Waals surface area contributed by atoms with Crippen LogP contribution >= 0.6 is 0 Å². The van der Waals surface area contributed by atoms with Gasteiger partial charge in [0.05, 0.1) is 23.4 Å². The minimum atomic E-state index is -0.977. The molecule has 0 unspecified atom stereocenters. The molecule has 0 aliphatic rings. The quantitative estimate of drug-likeness (QED) is 0.716. The Labute approximate surface area is 152 Å². The lowest BCUT2D eigenvalue weighted by Crippen LogP contribution is -2.07. The highest BCUT2D eigenvalue weighted by molar-refractivity contribution is 5.92. The van der Waals surface area contributed by atoms with Gasteiger partial charge in [0.2, 0.25) is 0 Å². The fourth-order valence-corrected chi connectivity index (χ4v) is 2.75. The molecule has 0 spiro atoms. The van der Waals surface area contributed by atoms with Crippen molar-refractivity contribution < 1.29 is 14.6 Å². The van der Waals surface area contributed by atoms with E-state index in [-0.39, 0.29) is 5.56 Å². The molecule has 0 aliphatic heterocycles. The van der Waals surface area contributed by atoms with E-state index >= 15 is 0 Å². The van der Waals surface area contributed by atoms with E-state index in [4.69, 9.17) is 9.84 Å². The number of aromatic nitrogens is 3. The van der Waals surface area contributed by atoms with Crippen molar-refractivity contribution in [3.63, 3.8) is 0 Å². The van der Waals surface area contributed by atoms with Crippen LogP contribution in [0, 0.1) is 5.92 Å². The van der Waals surface area contributed by atoms with E-state index in [1.165, 1.54) is 6.07 Å². The summed E-state index contributed by atoms with van der Waals surface area (Å²) in [6.45, 7) is 9.16. The van der Waals surface area contributed by atoms with E-state index < -0.39 is 5.97 Å². The summed E-state index contributed by atoms with van der Waals surface area (Å²) in [6.07, 6.45) is 0. The lowest BCUT2D eigenvalue weighted by molar-refractivity contribution is 0.0697. The van der Waals surface area contributed by atoms with E-state index in [0.29, 0.717) is 24.0 Å². The molecule has 6 nitrogen and oxygen atoms in total. The molecule has 0 radical (unpaired) electrons. The molecule has 0 bridgehead atoms. The molecule has 0 amide bonds. The number of hydrogen-bond acceptors (Lipinski definition) is 4. The molecule has 1 aromatic heterocycles. The Hall–Kier alpha value is -2.89. The molecule has 1 N–H and O–H groups in total. The average Bonchev–Trinajstić information content (AvgIpc) is 3.02. The van der Waals surface area contributed by atoms with Crippen molar-refractivity contribution in [1.82, 2.24) is 15.0 Å². The minimum Gasteiger partial charge on any atom is -0.493 e. The van der Waals surface area contributed by atoms with Crippen molar-refractivity contribution in [2.45, 2.75) is 33.6 Å². The van der Waals surface area contributed by atoms with Crippen LogP contribution in [0.3, 0.4) is 0 Å². The summed E-state index contributed by atoms with van der Waals surface area (Å²) in [5, 5.41) is 17.4. The lowest BCUT2D eigenvalue weighted by atomic mass is 10.0. The second-order valence-corrected chi connectivity index (χ2v) is 7.09. The number of ether oxygens (including phenoxy) is 1. The second-order valence-electron chi connectivity index (χ2n) is 7.09. The number of hydrogen-bond donors (Lipinski definition) is 1. The highest BCUT2D eigenvalue weighted by Gasteiger charge is 2.14. The summed E-state index contributed by atoms with van der Waals surface area (Å²) in [6, 6.07) is 10.8. The molecule has 0 saturated carbocycles. The molecule has 0 saturated heterocycles. The SMILES string of the molecule is CC(C)COc1ccc(-n2nnc3cc(C(=O)O)ccc32)cc1C(C)C. The van der Waals surface area contributed by atoms with Gasteiger partial charge in [0.25, 0.3) is 0 Å². The number of aromatic carboxylic acids is 1. The Balaban J connectivity index is 2.02. The monoisotopic (exact) mass is 353 g/mol. The van der Waals surface area contributed by atoms with Crippen LogP contribution < -0.4 is 4.74 Å². The number of rotatable bonds is 6. The van der Waals surface area contributed by atoms with Crippen molar-refractivity contribution >= 4 is 17.0 Å². The number of fused-ring (bicyclic) bond motifs is 1. The number of carbonyl (C=O) groups is 1. The molecule has 26 heavy (non-hydrogen) atoms. The summed E-state index contributed by atoms with van der Waals surface area (Å²) < 4.78 is 7.67. The van der Waals surface area contributed by atoms with Gasteiger partial charge in [-0.3, -0.25) is 0 Å². The molecular weight excluding hydrogens is 330 g/mol. The molecule has 3 aromatic rings. The Bertz CT molecular complexity index is 945. The van der Waals surface area contributed by atoms with E-state index in [0.717, 1.165) is 22.5 Å². The van der Waals surface area contributed by atoms with Crippen LogP contribution in [0.15, 0.2) is 36.4 Å². The van der Waals surface area contributed by atoms with Crippen LogP contribution in [0.4, 0.5) is 0 Å². The summed E-state index contributed by atoms with van der Waals surface area (Å²) in [5.41, 5.74) is 3.49. The minimum absolute atomic E-state index is 0.199. The van der Waals surface area contributed by atoms with Crippen LogP contribution in [-0.2, 0) is 0 Å². The maximum atomic E-state index is 11.1. The zero-order valence-electron chi connectivity index (χ0n) is 15.4. The van der Waals surface area contributed by atoms with Crippen LogP contribution in [0.25, 0.3) is 16.7 Å². The van der Waals surface area contributed by atoms with Crippen LogP contribution in [0.2, 0.25) is 0 Å². The molecule has 0 aliphatic carbocycles. The van der Waals surface area contributed by atoms with Crippen LogP contribution in [-0.4, -0.2) is 32.7 Å². The Kier molecular flexibility index (Phi) is 4.93. The van der Waals surface area contributed by atoms with Crippen molar-refractivity contribution in [2.24, 2.45) is 5.92 Å². The summed E-state index contributed by atoms with van der Waals surface area (Å²) in [4.78, 5) is 11.1. The topological polar surface area (TPSA) is 77.2 Å². The van der Waals surface area contributed by atoms with Crippen LogP contribution in [0.1, 0.15) is 49.5 Å². The van der Waals surface area contributed by atoms with Crippen molar-refractivity contribution in [2.75, 3.05) is 6.61 Å². The van der Waals surface area contributed by atoms with E-state index in [2.05, 4.69) is 44.1 Å². The van der Waals surface area contributed by atoms with Gasteiger partial charge in [-0.05, 0) is 53.8 Å². The van der Waals surface area contributed by atoms with Gasteiger partial charge in [-0.2, -0.15) is 0 Å². The number of nitrogens with zero attached hydrogens (tertiary/aromatic N) is 3.